The average Bonchev–Trinajstić information content (AvgIpc) is 2.30. The summed E-state index contributed by atoms with van der Waals surface area (Å²) in [5.41, 5.74) is -0.0546. The van der Waals surface area contributed by atoms with E-state index in [2.05, 4.69) is 5.32 Å². The molecular weight excluding hydrogens is 259 g/mol. The molecule has 0 aliphatic rings. The molecule has 0 saturated heterocycles. The van der Waals surface area contributed by atoms with Crippen molar-refractivity contribution < 1.29 is 14.4 Å². The second-order valence-electron chi connectivity index (χ2n) is 3.81. The van der Waals surface area contributed by atoms with Crippen molar-refractivity contribution in [2.45, 2.75) is 18.2 Å². The Kier molecular flexibility index (Phi) is 5.36. The predicted molar refractivity (Wildman–Crippen MR) is 70.5 cm³/mol. The first-order valence-electron chi connectivity index (χ1n) is 5.33. The van der Waals surface area contributed by atoms with Crippen LogP contribution in [0.3, 0.4) is 0 Å². The highest BCUT2D eigenvalue weighted by Crippen LogP contribution is 2.27. The zero-order valence-corrected chi connectivity index (χ0v) is 10.9. The SMILES string of the molecule is CSC(CO)C(C)Nc1cc(F)ccc1[N+](=O)[O-]. The molecule has 0 amide bonds. The topological polar surface area (TPSA) is 75.4 Å². The Morgan fingerprint density at radius 2 is 2.28 bits per heavy atom. The summed E-state index contributed by atoms with van der Waals surface area (Å²) >= 11 is 1.44. The fourth-order valence-electron chi connectivity index (χ4n) is 1.56. The minimum atomic E-state index is -0.568. The molecule has 5 nitrogen and oxygen atoms in total. The normalized spacial score (nSPS) is 14.0. The third-order valence-electron chi connectivity index (χ3n) is 2.58. The molecule has 0 aromatic heterocycles. The molecule has 0 heterocycles. The largest absolute Gasteiger partial charge is 0.395 e. The van der Waals surface area contributed by atoms with E-state index in [0.29, 0.717) is 0 Å². The molecule has 7 heteroatoms. The fraction of sp³-hybridized carbons (Fsp3) is 0.455. The number of aliphatic hydroxyl groups excluding tert-OH is 1. The van der Waals surface area contributed by atoms with Crippen LogP contribution in [0.15, 0.2) is 18.2 Å². The average molecular weight is 274 g/mol. The number of nitrogens with zero attached hydrogens (tertiary/aromatic N) is 1. The van der Waals surface area contributed by atoms with Crippen molar-refractivity contribution in [1.29, 1.82) is 0 Å². The van der Waals surface area contributed by atoms with Crippen LogP contribution in [0.5, 0.6) is 0 Å². The van der Waals surface area contributed by atoms with Crippen LogP contribution >= 0.6 is 11.8 Å². The molecule has 1 aromatic rings. The van der Waals surface area contributed by atoms with Crippen LogP contribution in [0.1, 0.15) is 6.92 Å². The van der Waals surface area contributed by atoms with Crippen LogP contribution in [-0.4, -0.2) is 34.2 Å². The zero-order valence-electron chi connectivity index (χ0n) is 10.1. The van der Waals surface area contributed by atoms with Gasteiger partial charge in [-0.15, -0.1) is 0 Å². The Morgan fingerprint density at radius 1 is 1.61 bits per heavy atom. The molecule has 100 valence electrons. The maximum absolute atomic E-state index is 13.1. The van der Waals surface area contributed by atoms with Crippen molar-refractivity contribution in [3.8, 4) is 0 Å². The van der Waals surface area contributed by atoms with Gasteiger partial charge in [0.25, 0.3) is 5.69 Å². The van der Waals surface area contributed by atoms with Gasteiger partial charge in [0.2, 0.25) is 0 Å². The summed E-state index contributed by atoms with van der Waals surface area (Å²) in [5.74, 6) is -0.542. The van der Waals surface area contributed by atoms with Crippen LogP contribution in [0.4, 0.5) is 15.8 Å². The molecule has 0 spiro atoms. The molecule has 0 aliphatic carbocycles. The molecule has 2 N–H and O–H groups in total. The number of aliphatic hydroxyl groups is 1. The number of nitro groups is 1. The number of rotatable bonds is 6. The van der Waals surface area contributed by atoms with Gasteiger partial charge in [0.05, 0.1) is 11.5 Å². The van der Waals surface area contributed by atoms with Crippen LogP contribution in [0.25, 0.3) is 0 Å². The van der Waals surface area contributed by atoms with Crippen LogP contribution in [0, 0.1) is 15.9 Å². The summed E-state index contributed by atoms with van der Waals surface area (Å²) < 4.78 is 13.1. The van der Waals surface area contributed by atoms with Gasteiger partial charge in [-0.2, -0.15) is 11.8 Å². The van der Waals surface area contributed by atoms with Crippen molar-refractivity contribution in [3.05, 3.63) is 34.1 Å². The first-order valence-corrected chi connectivity index (χ1v) is 6.62. The van der Waals surface area contributed by atoms with Crippen molar-refractivity contribution in [2.24, 2.45) is 0 Å². The summed E-state index contributed by atoms with van der Waals surface area (Å²) in [6, 6.07) is 3.04. The van der Waals surface area contributed by atoms with Gasteiger partial charge >= 0.3 is 0 Å². The minimum Gasteiger partial charge on any atom is -0.395 e. The number of benzene rings is 1. The van der Waals surface area contributed by atoms with Gasteiger partial charge in [-0.3, -0.25) is 10.1 Å². The quantitative estimate of drug-likeness (QED) is 0.614. The van der Waals surface area contributed by atoms with Gasteiger partial charge in [0.1, 0.15) is 11.5 Å². The van der Waals surface area contributed by atoms with Crippen molar-refractivity contribution in [1.82, 2.24) is 0 Å². The van der Waals surface area contributed by atoms with E-state index in [-0.39, 0.29) is 29.3 Å². The van der Waals surface area contributed by atoms with E-state index in [4.69, 9.17) is 5.11 Å². The number of thioether (sulfide) groups is 1. The zero-order chi connectivity index (χ0) is 13.7. The second kappa shape index (κ2) is 6.55. The lowest BCUT2D eigenvalue weighted by Crippen LogP contribution is -2.31. The number of hydrogen-bond donors (Lipinski definition) is 2. The first-order chi connectivity index (χ1) is 8.49. The molecule has 0 aliphatic heterocycles. The summed E-state index contributed by atoms with van der Waals surface area (Å²) in [4.78, 5) is 10.2. The molecular formula is C11H15FN2O3S. The number of halogens is 1. The molecule has 18 heavy (non-hydrogen) atoms. The summed E-state index contributed by atoms with van der Waals surface area (Å²) in [6.07, 6.45) is 1.83. The summed E-state index contributed by atoms with van der Waals surface area (Å²) in [5, 5.41) is 22.7. The molecule has 2 unspecified atom stereocenters. The van der Waals surface area contributed by atoms with E-state index in [9.17, 15) is 14.5 Å². The van der Waals surface area contributed by atoms with Gasteiger partial charge in [0.15, 0.2) is 0 Å². The molecule has 2 atom stereocenters. The van der Waals surface area contributed by atoms with E-state index < -0.39 is 10.7 Å². The van der Waals surface area contributed by atoms with E-state index in [1.54, 1.807) is 6.92 Å². The summed E-state index contributed by atoms with van der Waals surface area (Å²) in [7, 11) is 0. The predicted octanol–water partition coefficient (Wildman–Crippen LogP) is 2.26. The Morgan fingerprint density at radius 3 is 2.78 bits per heavy atom. The summed E-state index contributed by atoms with van der Waals surface area (Å²) in [6.45, 7) is 1.73. The first kappa shape index (κ1) is 14.7. The van der Waals surface area contributed by atoms with Crippen LogP contribution < -0.4 is 5.32 Å². The number of nitrogens with one attached hydrogen (secondary N) is 1. The molecule has 1 rings (SSSR count). The molecule has 0 radical (unpaired) electrons. The van der Waals surface area contributed by atoms with Crippen molar-refractivity contribution in [3.63, 3.8) is 0 Å². The Balaban J connectivity index is 2.95. The van der Waals surface area contributed by atoms with E-state index in [1.165, 1.54) is 11.8 Å². The maximum atomic E-state index is 13.1. The van der Waals surface area contributed by atoms with Crippen molar-refractivity contribution in [2.75, 3.05) is 18.2 Å². The second-order valence-corrected chi connectivity index (χ2v) is 4.89. The Bertz CT molecular complexity index is 427. The fourth-order valence-corrected chi connectivity index (χ4v) is 2.18. The highest BCUT2D eigenvalue weighted by Gasteiger charge is 2.20. The van der Waals surface area contributed by atoms with Crippen LogP contribution in [0.2, 0.25) is 0 Å². The monoisotopic (exact) mass is 274 g/mol. The molecule has 0 saturated carbocycles. The van der Waals surface area contributed by atoms with Crippen LogP contribution in [-0.2, 0) is 0 Å². The number of hydrogen-bond acceptors (Lipinski definition) is 5. The number of nitro benzene ring substituents is 1. The Labute approximate surface area is 109 Å². The molecule has 0 bridgehead atoms. The lowest BCUT2D eigenvalue weighted by Gasteiger charge is -2.22. The maximum Gasteiger partial charge on any atom is 0.292 e. The lowest BCUT2D eigenvalue weighted by atomic mass is 10.2. The highest BCUT2D eigenvalue weighted by molar-refractivity contribution is 7.99. The molecule has 1 aromatic carbocycles. The van der Waals surface area contributed by atoms with Gasteiger partial charge in [0, 0.05) is 23.4 Å². The van der Waals surface area contributed by atoms with E-state index in [1.807, 2.05) is 6.26 Å². The van der Waals surface area contributed by atoms with E-state index >= 15 is 0 Å². The van der Waals surface area contributed by atoms with Gasteiger partial charge in [-0.1, -0.05) is 0 Å². The third kappa shape index (κ3) is 3.58. The van der Waals surface area contributed by atoms with Gasteiger partial charge in [-0.25, -0.2) is 4.39 Å². The van der Waals surface area contributed by atoms with Crippen molar-refractivity contribution >= 4 is 23.1 Å². The third-order valence-corrected chi connectivity index (χ3v) is 3.74. The van der Waals surface area contributed by atoms with E-state index in [0.717, 1.165) is 18.2 Å². The lowest BCUT2D eigenvalue weighted by molar-refractivity contribution is -0.384. The smallest absolute Gasteiger partial charge is 0.292 e. The minimum absolute atomic E-state index is 0.0571. The highest BCUT2D eigenvalue weighted by atomic mass is 32.2. The van der Waals surface area contributed by atoms with Gasteiger partial charge < -0.3 is 10.4 Å². The molecule has 0 fully saturated rings. The van der Waals surface area contributed by atoms with Gasteiger partial charge in [-0.05, 0) is 19.2 Å². The number of anilines is 1. The standard InChI is InChI=1S/C11H15FN2O3S/c1-7(11(6-15)18-2)13-9-5-8(12)3-4-10(9)14(16)17/h3-5,7,11,13,15H,6H2,1-2H3. The Hall–Kier alpha value is -1.34.